The average Bonchev–Trinajstić information content (AvgIpc) is 2.83. The van der Waals surface area contributed by atoms with Crippen LogP contribution in [0.3, 0.4) is 0 Å². The van der Waals surface area contributed by atoms with Gasteiger partial charge in [-0.1, -0.05) is 30.4 Å². The number of nitrogens with one attached hydrogen (secondary N) is 1. The molecule has 1 saturated heterocycles. The zero-order valence-electron chi connectivity index (χ0n) is 12.5. The first-order valence-corrected chi connectivity index (χ1v) is 7.93. The maximum atomic E-state index is 5.53. The Hall–Kier alpha value is -1.74. The lowest BCUT2D eigenvalue weighted by atomic mass is 10.1. The fraction of sp³-hybridized carbons (Fsp3) is 0.444. The number of anilines is 1. The van der Waals surface area contributed by atoms with Crippen molar-refractivity contribution in [1.82, 2.24) is 5.32 Å². The summed E-state index contributed by atoms with van der Waals surface area (Å²) in [6.07, 6.45) is 11.1. The quantitative estimate of drug-likeness (QED) is 0.916. The van der Waals surface area contributed by atoms with E-state index in [2.05, 4.69) is 58.9 Å². The van der Waals surface area contributed by atoms with E-state index >= 15 is 0 Å². The van der Waals surface area contributed by atoms with Crippen LogP contribution in [-0.4, -0.2) is 25.8 Å². The molecule has 3 heteroatoms. The first-order valence-electron chi connectivity index (χ1n) is 7.93. The fourth-order valence-electron chi connectivity index (χ4n) is 3.00. The van der Waals surface area contributed by atoms with Crippen LogP contribution in [0, 0.1) is 0 Å². The van der Waals surface area contributed by atoms with E-state index in [1.807, 2.05) is 0 Å². The van der Waals surface area contributed by atoms with Crippen molar-refractivity contribution >= 4 is 5.69 Å². The van der Waals surface area contributed by atoms with Gasteiger partial charge in [0.15, 0.2) is 0 Å². The first kappa shape index (κ1) is 14.2. The Morgan fingerprint density at radius 2 is 1.90 bits per heavy atom. The molecule has 2 heterocycles. The highest BCUT2D eigenvalue weighted by atomic mass is 16.5. The third kappa shape index (κ3) is 3.88. The number of benzene rings is 1. The average molecular weight is 284 g/mol. The number of hydrogen-bond donors (Lipinski definition) is 1. The summed E-state index contributed by atoms with van der Waals surface area (Å²) in [4.78, 5) is 2.53. The van der Waals surface area contributed by atoms with E-state index in [0.717, 1.165) is 45.4 Å². The zero-order chi connectivity index (χ0) is 14.3. The summed E-state index contributed by atoms with van der Waals surface area (Å²) in [6.45, 7) is 2.69. The SMILES string of the molecule is C1=CNC(CN(c2ccccc2)C2CCOCC2)=CCC1. The van der Waals surface area contributed by atoms with Crippen molar-refractivity contribution in [1.29, 1.82) is 0 Å². The third-order valence-electron chi connectivity index (χ3n) is 4.17. The fourth-order valence-corrected chi connectivity index (χ4v) is 3.00. The van der Waals surface area contributed by atoms with E-state index in [-0.39, 0.29) is 0 Å². The van der Waals surface area contributed by atoms with E-state index in [4.69, 9.17) is 4.74 Å². The zero-order valence-corrected chi connectivity index (χ0v) is 12.5. The summed E-state index contributed by atoms with van der Waals surface area (Å²) in [7, 11) is 0. The van der Waals surface area contributed by atoms with Gasteiger partial charge in [-0.3, -0.25) is 0 Å². The topological polar surface area (TPSA) is 24.5 Å². The van der Waals surface area contributed by atoms with Crippen molar-refractivity contribution in [2.75, 3.05) is 24.7 Å². The van der Waals surface area contributed by atoms with Crippen LogP contribution in [0.15, 0.2) is 54.4 Å². The van der Waals surface area contributed by atoms with Gasteiger partial charge >= 0.3 is 0 Å². The molecule has 0 amide bonds. The van der Waals surface area contributed by atoms with Crippen molar-refractivity contribution in [3.8, 4) is 0 Å². The Balaban J connectivity index is 1.78. The van der Waals surface area contributed by atoms with Crippen molar-refractivity contribution in [2.24, 2.45) is 0 Å². The van der Waals surface area contributed by atoms with Gasteiger partial charge in [0.1, 0.15) is 0 Å². The van der Waals surface area contributed by atoms with Crippen LogP contribution in [0.2, 0.25) is 0 Å². The normalized spacial score (nSPS) is 19.5. The van der Waals surface area contributed by atoms with Gasteiger partial charge in [-0.15, -0.1) is 0 Å². The van der Waals surface area contributed by atoms with Crippen LogP contribution < -0.4 is 10.2 Å². The van der Waals surface area contributed by atoms with Crippen LogP contribution in [0.25, 0.3) is 0 Å². The van der Waals surface area contributed by atoms with Gasteiger partial charge in [0.2, 0.25) is 0 Å². The van der Waals surface area contributed by atoms with Crippen LogP contribution in [0.5, 0.6) is 0 Å². The third-order valence-corrected chi connectivity index (χ3v) is 4.17. The minimum absolute atomic E-state index is 0.566. The van der Waals surface area contributed by atoms with Gasteiger partial charge < -0.3 is 15.0 Å². The molecule has 1 aromatic carbocycles. The molecule has 0 unspecified atom stereocenters. The molecule has 3 rings (SSSR count). The second-order valence-electron chi connectivity index (χ2n) is 5.66. The van der Waals surface area contributed by atoms with E-state index in [1.165, 1.54) is 11.4 Å². The van der Waals surface area contributed by atoms with Gasteiger partial charge in [0.05, 0.1) is 6.54 Å². The minimum Gasteiger partial charge on any atom is -0.381 e. The summed E-state index contributed by atoms with van der Waals surface area (Å²) >= 11 is 0. The van der Waals surface area contributed by atoms with Gasteiger partial charge in [0, 0.05) is 30.6 Å². The highest BCUT2D eigenvalue weighted by Gasteiger charge is 2.22. The Morgan fingerprint density at radius 3 is 2.71 bits per heavy atom. The highest BCUT2D eigenvalue weighted by Crippen LogP contribution is 2.23. The lowest BCUT2D eigenvalue weighted by Crippen LogP contribution is -2.41. The number of ether oxygens (including phenoxy) is 1. The molecule has 1 N–H and O–H groups in total. The summed E-state index contributed by atoms with van der Waals surface area (Å²) in [6, 6.07) is 11.3. The van der Waals surface area contributed by atoms with Crippen LogP contribution in [0.1, 0.15) is 25.7 Å². The summed E-state index contributed by atoms with van der Waals surface area (Å²) in [5.74, 6) is 0. The standard InChI is InChI=1S/C18H24N2O/c1-4-8-17(9-5-1)20(18-10-13-21-14-11-18)15-16-7-3-2-6-12-19-16/h1,4-9,12,18-19H,2-3,10-11,13-15H2. The van der Waals surface area contributed by atoms with E-state index < -0.39 is 0 Å². The molecule has 3 nitrogen and oxygen atoms in total. The molecule has 1 fully saturated rings. The molecule has 0 saturated carbocycles. The highest BCUT2D eigenvalue weighted by molar-refractivity contribution is 5.48. The maximum Gasteiger partial charge on any atom is 0.0579 e. The van der Waals surface area contributed by atoms with Crippen LogP contribution >= 0.6 is 0 Å². The summed E-state index contributed by atoms with van der Waals surface area (Å²) in [5.41, 5.74) is 2.61. The number of rotatable bonds is 4. The smallest absolute Gasteiger partial charge is 0.0579 e. The second-order valence-corrected chi connectivity index (χ2v) is 5.66. The molecule has 0 aromatic heterocycles. The molecule has 0 spiro atoms. The van der Waals surface area contributed by atoms with E-state index in [9.17, 15) is 0 Å². The molecule has 1 aromatic rings. The van der Waals surface area contributed by atoms with Crippen molar-refractivity contribution < 1.29 is 4.74 Å². The monoisotopic (exact) mass is 284 g/mol. The molecule has 21 heavy (non-hydrogen) atoms. The van der Waals surface area contributed by atoms with Gasteiger partial charge in [-0.25, -0.2) is 0 Å². The summed E-state index contributed by atoms with van der Waals surface area (Å²) < 4.78 is 5.53. The molecular formula is C18H24N2O. The van der Waals surface area contributed by atoms with Gasteiger partial charge in [-0.05, 0) is 44.0 Å². The Labute approximate surface area is 127 Å². The number of nitrogens with zero attached hydrogens (tertiary/aromatic N) is 1. The molecule has 0 aliphatic carbocycles. The Kier molecular flexibility index (Phi) is 4.95. The maximum absolute atomic E-state index is 5.53. The molecule has 2 aliphatic heterocycles. The minimum atomic E-state index is 0.566. The summed E-state index contributed by atoms with van der Waals surface area (Å²) in [5, 5.41) is 3.43. The number of allylic oxidation sites excluding steroid dienone is 2. The molecular weight excluding hydrogens is 260 g/mol. The predicted molar refractivity (Wildman–Crippen MR) is 87.2 cm³/mol. The first-order chi connectivity index (χ1) is 10.4. The predicted octanol–water partition coefficient (Wildman–Crippen LogP) is 3.45. The van der Waals surface area contributed by atoms with E-state index in [0.29, 0.717) is 6.04 Å². The molecule has 0 radical (unpaired) electrons. The largest absolute Gasteiger partial charge is 0.381 e. The Bertz CT molecular complexity index is 489. The van der Waals surface area contributed by atoms with Gasteiger partial charge in [-0.2, -0.15) is 0 Å². The lowest BCUT2D eigenvalue weighted by molar-refractivity contribution is 0.0847. The van der Waals surface area contributed by atoms with E-state index in [1.54, 1.807) is 0 Å². The van der Waals surface area contributed by atoms with Gasteiger partial charge in [0.25, 0.3) is 0 Å². The molecule has 0 bridgehead atoms. The number of hydrogen-bond acceptors (Lipinski definition) is 3. The van der Waals surface area contributed by atoms with Crippen LogP contribution in [0.4, 0.5) is 5.69 Å². The Morgan fingerprint density at radius 1 is 1.10 bits per heavy atom. The molecule has 2 aliphatic rings. The van der Waals surface area contributed by atoms with Crippen molar-refractivity contribution in [3.05, 3.63) is 54.4 Å². The second kappa shape index (κ2) is 7.32. The number of para-hydroxylation sites is 1. The lowest BCUT2D eigenvalue weighted by Gasteiger charge is -2.36. The molecule has 112 valence electrons. The van der Waals surface area contributed by atoms with Crippen LogP contribution in [-0.2, 0) is 4.74 Å². The van der Waals surface area contributed by atoms with Crippen molar-refractivity contribution in [2.45, 2.75) is 31.7 Å². The molecule has 0 atom stereocenters. The van der Waals surface area contributed by atoms with Crippen molar-refractivity contribution in [3.63, 3.8) is 0 Å².